The third kappa shape index (κ3) is 5.64. The minimum Gasteiger partial charge on any atom is -0.450 e. The summed E-state index contributed by atoms with van der Waals surface area (Å²) in [6, 6.07) is 15.5. The predicted molar refractivity (Wildman–Crippen MR) is 86.9 cm³/mol. The highest BCUT2D eigenvalue weighted by Crippen LogP contribution is 2.23. The van der Waals surface area contributed by atoms with Crippen LogP contribution in [-0.2, 0) is 0 Å². The average Bonchev–Trinajstić information content (AvgIpc) is 2.46. The maximum absolute atomic E-state index is 12.1. The molecule has 120 valence electrons. The summed E-state index contributed by atoms with van der Waals surface area (Å²) < 4.78 is 2.11. The van der Waals surface area contributed by atoms with Crippen LogP contribution in [0.1, 0.15) is 0 Å². The standard InChI is InChI=1S/C13H8OS.2CH2O3/c14-13-9-5-1-3-7-11(9)15-12-8-4-2-6-10(12)13;2*2-1(3)4/h1-8H;2*(H2,2,3,4). The molecule has 0 unspecified atom stereocenters. The van der Waals surface area contributed by atoms with E-state index in [9.17, 15) is 4.79 Å². The first-order valence-corrected chi connectivity index (χ1v) is 6.89. The zero-order chi connectivity index (χ0) is 17.4. The maximum atomic E-state index is 12.1. The highest BCUT2D eigenvalue weighted by Gasteiger charge is 2.03. The molecule has 0 spiro atoms. The number of hydrogen-bond acceptors (Lipinski definition) is 4. The molecule has 0 aliphatic carbocycles. The average molecular weight is 336 g/mol. The van der Waals surface area contributed by atoms with Crippen molar-refractivity contribution >= 4 is 43.8 Å². The van der Waals surface area contributed by atoms with Crippen LogP contribution in [0.25, 0.3) is 20.2 Å². The molecular formula is C15H12O7S. The lowest BCUT2D eigenvalue weighted by Gasteiger charge is -1.99. The van der Waals surface area contributed by atoms with Crippen molar-refractivity contribution in [1.82, 2.24) is 0 Å². The summed E-state index contributed by atoms with van der Waals surface area (Å²) in [5.41, 5.74) is 0.139. The monoisotopic (exact) mass is 336 g/mol. The first-order chi connectivity index (χ1) is 10.8. The first kappa shape index (κ1) is 17.9. The van der Waals surface area contributed by atoms with Gasteiger partial charge in [-0.15, -0.1) is 11.3 Å². The van der Waals surface area contributed by atoms with E-state index in [0.717, 1.165) is 20.2 Å². The van der Waals surface area contributed by atoms with E-state index in [2.05, 4.69) is 0 Å². The molecule has 1 aromatic heterocycles. The van der Waals surface area contributed by atoms with E-state index in [1.54, 1.807) is 11.3 Å². The summed E-state index contributed by atoms with van der Waals surface area (Å²) in [5.74, 6) is 0. The van der Waals surface area contributed by atoms with Crippen LogP contribution in [0.4, 0.5) is 9.59 Å². The molecule has 7 nitrogen and oxygen atoms in total. The summed E-state index contributed by atoms with van der Waals surface area (Å²) in [6.45, 7) is 0. The van der Waals surface area contributed by atoms with Crippen molar-refractivity contribution in [3.8, 4) is 0 Å². The van der Waals surface area contributed by atoms with Gasteiger partial charge in [0.1, 0.15) is 0 Å². The number of benzene rings is 2. The fourth-order valence-electron chi connectivity index (χ4n) is 1.75. The van der Waals surface area contributed by atoms with Gasteiger partial charge in [-0.1, -0.05) is 24.3 Å². The van der Waals surface area contributed by atoms with E-state index in [1.165, 1.54) is 0 Å². The Bertz CT molecular complexity index is 809. The van der Waals surface area contributed by atoms with Crippen LogP contribution in [0.5, 0.6) is 0 Å². The zero-order valence-corrected chi connectivity index (χ0v) is 12.4. The van der Waals surface area contributed by atoms with Gasteiger partial charge in [0, 0.05) is 20.2 Å². The number of hydrogen-bond donors (Lipinski definition) is 4. The van der Waals surface area contributed by atoms with Gasteiger partial charge in [-0.2, -0.15) is 0 Å². The Balaban J connectivity index is 0.000000281. The van der Waals surface area contributed by atoms with E-state index in [-0.39, 0.29) is 5.43 Å². The van der Waals surface area contributed by atoms with Crippen LogP contribution < -0.4 is 5.43 Å². The van der Waals surface area contributed by atoms with E-state index >= 15 is 0 Å². The molecule has 4 N–H and O–H groups in total. The van der Waals surface area contributed by atoms with Gasteiger partial charge in [-0.3, -0.25) is 4.79 Å². The van der Waals surface area contributed by atoms with Crippen LogP contribution >= 0.6 is 11.3 Å². The third-order valence-corrected chi connectivity index (χ3v) is 3.64. The van der Waals surface area contributed by atoms with E-state index in [4.69, 9.17) is 30.0 Å². The molecular weight excluding hydrogens is 324 g/mol. The van der Waals surface area contributed by atoms with Crippen molar-refractivity contribution < 1.29 is 30.0 Å². The van der Waals surface area contributed by atoms with Crippen LogP contribution in [0, 0.1) is 0 Å². The first-order valence-electron chi connectivity index (χ1n) is 6.07. The van der Waals surface area contributed by atoms with Crippen molar-refractivity contribution in [2.75, 3.05) is 0 Å². The summed E-state index contributed by atoms with van der Waals surface area (Å²) >= 11 is 1.67. The molecule has 8 heteroatoms. The minimum atomic E-state index is -1.83. The zero-order valence-electron chi connectivity index (χ0n) is 11.5. The number of carbonyl (C=O) groups is 2. The SMILES string of the molecule is O=C(O)O.O=C(O)O.O=c1c2ccccc2sc2ccccc12. The van der Waals surface area contributed by atoms with E-state index in [0.29, 0.717) is 0 Å². The number of carboxylic acid groups (broad SMARTS) is 4. The maximum Gasteiger partial charge on any atom is 0.503 e. The summed E-state index contributed by atoms with van der Waals surface area (Å²) in [4.78, 5) is 29.2. The van der Waals surface area contributed by atoms with Gasteiger partial charge in [-0.05, 0) is 24.3 Å². The van der Waals surface area contributed by atoms with Crippen LogP contribution in [-0.4, -0.2) is 32.7 Å². The van der Waals surface area contributed by atoms with Gasteiger partial charge in [0.15, 0.2) is 5.43 Å². The molecule has 0 saturated heterocycles. The topological polar surface area (TPSA) is 132 Å². The largest absolute Gasteiger partial charge is 0.503 e. The van der Waals surface area contributed by atoms with Gasteiger partial charge < -0.3 is 20.4 Å². The van der Waals surface area contributed by atoms with Gasteiger partial charge in [-0.25, -0.2) is 9.59 Å². The third-order valence-electron chi connectivity index (χ3n) is 2.48. The molecule has 1 heterocycles. The Labute approximate surface area is 133 Å². The Kier molecular flexibility index (Phi) is 6.50. The molecule has 3 rings (SSSR count). The molecule has 3 aromatic rings. The molecule has 0 saturated carbocycles. The van der Waals surface area contributed by atoms with Crippen LogP contribution in [0.2, 0.25) is 0 Å². The van der Waals surface area contributed by atoms with Gasteiger partial charge >= 0.3 is 12.3 Å². The molecule has 0 aliphatic rings. The lowest BCUT2D eigenvalue weighted by Crippen LogP contribution is -1.99. The molecule has 2 aromatic carbocycles. The molecule has 0 fully saturated rings. The normalized spacial score (nSPS) is 9.22. The molecule has 0 amide bonds. The lowest BCUT2D eigenvalue weighted by molar-refractivity contribution is 0.135. The Morgan fingerprint density at radius 2 is 1.00 bits per heavy atom. The number of fused-ring (bicyclic) bond motifs is 2. The second-order valence-electron chi connectivity index (χ2n) is 3.99. The quantitative estimate of drug-likeness (QED) is 0.458. The van der Waals surface area contributed by atoms with Crippen LogP contribution in [0.3, 0.4) is 0 Å². The van der Waals surface area contributed by atoms with Gasteiger partial charge in [0.2, 0.25) is 0 Å². The molecule has 0 aliphatic heterocycles. The fourth-order valence-corrected chi connectivity index (χ4v) is 2.82. The second kappa shape index (κ2) is 8.35. The lowest BCUT2D eigenvalue weighted by atomic mass is 10.2. The Hall–Kier alpha value is -3.13. The molecule has 23 heavy (non-hydrogen) atoms. The van der Waals surface area contributed by atoms with Crippen molar-refractivity contribution in [3.63, 3.8) is 0 Å². The van der Waals surface area contributed by atoms with Crippen molar-refractivity contribution in [3.05, 3.63) is 58.8 Å². The molecule has 0 atom stereocenters. The minimum absolute atomic E-state index is 0.139. The van der Waals surface area contributed by atoms with E-state index < -0.39 is 12.3 Å². The number of rotatable bonds is 0. The predicted octanol–water partition coefficient (Wildman–Crippen LogP) is 3.86. The molecule has 0 radical (unpaired) electrons. The summed E-state index contributed by atoms with van der Waals surface area (Å²) in [6.07, 6.45) is -3.67. The smallest absolute Gasteiger partial charge is 0.450 e. The summed E-state index contributed by atoms with van der Waals surface area (Å²) in [7, 11) is 0. The van der Waals surface area contributed by atoms with Crippen molar-refractivity contribution in [2.45, 2.75) is 0 Å². The van der Waals surface area contributed by atoms with Crippen LogP contribution in [0.15, 0.2) is 53.3 Å². The van der Waals surface area contributed by atoms with Gasteiger partial charge in [0.05, 0.1) is 0 Å². The summed E-state index contributed by atoms with van der Waals surface area (Å²) in [5, 5.41) is 29.5. The second-order valence-corrected chi connectivity index (χ2v) is 5.07. The Morgan fingerprint density at radius 1 is 0.696 bits per heavy atom. The Morgan fingerprint density at radius 3 is 1.35 bits per heavy atom. The molecule has 0 bridgehead atoms. The van der Waals surface area contributed by atoms with Gasteiger partial charge in [0.25, 0.3) is 0 Å². The van der Waals surface area contributed by atoms with Crippen molar-refractivity contribution in [1.29, 1.82) is 0 Å². The fraction of sp³-hybridized carbons (Fsp3) is 0. The van der Waals surface area contributed by atoms with Crippen molar-refractivity contribution in [2.24, 2.45) is 0 Å². The highest BCUT2D eigenvalue weighted by atomic mass is 32.1. The van der Waals surface area contributed by atoms with E-state index in [1.807, 2.05) is 48.5 Å². The highest BCUT2D eigenvalue weighted by molar-refractivity contribution is 7.24.